The molecule has 9 aromatic rings. The summed E-state index contributed by atoms with van der Waals surface area (Å²) in [7, 11) is 0. The van der Waals surface area contributed by atoms with Gasteiger partial charge in [0.05, 0.1) is 11.1 Å². The highest BCUT2D eigenvalue weighted by Gasteiger charge is 2.18. The van der Waals surface area contributed by atoms with Crippen LogP contribution in [0.15, 0.2) is 91.0 Å². The summed E-state index contributed by atoms with van der Waals surface area (Å²) in [6, 6.07) is 31.3. The average molecular weight is 658 g/mol. The minimum absolute atomic E-state index is 0.194. The van der Waals surface area contributed by atoms with Crippen LogP contribution in [0.1, 0.15) is 0 Å². The molecular weight excluding hydrogens is 643 g/mol. The number of rotatable bonds is 1. The molecule has 0 aliphatic carbocycles. The molecule has 42 heavy (non-hydrogen) atoms. The van der Waals surface area contributed by atoms with Gasteiger partial charge in [-0.05, 0) is 41.4 Å². The maximum atomic E-state index is 6.32. The summed E-state index contributed by atoms with van der Waals surface area (Å²) >= 11 is 23.2. The van der Waals surface area contributed by atoms with E-state index in [1.54, 1.807) is 34.0 Å². The summed E-state index contributed by atoms with van der Waals surface area (Å²) in [6.07, 6.45) is 0. The minimum atomic E-state index is 0.194. The Kier molecular flexibility index (Phi) is 6.48. The first kappa shape index (κ1) is 26.2. The Morgan fingerprint density at radius 1 is 0.452 bits per heavy atom. The molecule has 0 N–H and O–H groups in total. The molecule has 5 aromatic heterocycles. The number of nitrogens with zero attached hydrogens (tertiary/aromatic N) is 4. The Bertz CT molecular complexity index is 2480. The Balaban J connectivity index is 0.000000150. The normalized spacial score (nSPS) is 11.7. The van der Waals surface area contributed by atoms with E-state index in [9.17, 15) is 0 Å². The fourth-order valence-corrected chi connectivity index (χ4v) is 9.46. The zero-order valence-electron chi connectivity index (χ0n) is 21.3. The minimum Gasteiger partial charge on any atom is -0.217 e. The second kappa shape index (κ2) is 10.4. The van der Waals surface area contributed by atoms with Crippen LogP contribution in [0.2, 0.25) is 15.7 Å². The molecule has 0 aliphatic rings. The van der Waals surface area contributed by atoms with Crippen LogP contribution in [0.5, 0.6) is 0 Å². The number of aromatic nitrogens is 4. The van der Waals surface area contributed by atoms with Gasteiger partial charge in [0.1, 0.15) is 14.8 Å². The van der Waals surface area contributed by atoms with E-state index in [0.717, 1.165) is 41.8 Å². The lowest BCUT2D eigenvalue weighted by Crippen LogP contribution is -1.89. The molecule has 0 spiro atoms. The van der Waals surface area contributed by atoms with Gasteiger partial charge in [0.2, 0.25) is 10.6 Å². The number of thiophene rings is 3. The van der Waals surface area contributed by atoms with Gasteiger partial charge in [0.25, 0.3) is 0 Å². The van der Waals surface area contributed by atoms with Gasteiger partial charge in [-0.2, -0.15) is 0 Å². The zero-order chi connectivity index (χ0) is 28.4. The molecule has 0 radical (unpaired) electrons. The molecule has 0 saturated heterocycles. The molecule has 0 bridgehead atoms. The van der Waals surface area contributed by atoms with Gasteiger partial charge in [-0.3, -0.25) is 0 Å². The lowest BCUT2D eigenvalue weighted by Gasteiger charge is -2.06. The number of benzene rings is 4. The van der Waals surface area contributed by atoms with E-state index in [1.807, 2.05) is 24.3 Å². The number of fused-ring (bicyclic) bond motifs is 9. The van der Waals surface area contributed by atoms with Crippen LogP contribution in [-0.2, 0) is 0 Å². The molecule has 4 nitrogen and oxygen atoms in total. The van der Waals surface area contributed by atoms with E-state index >= 15 is 0 Å². The third-order valence-electron chi connectivity index (χ3n) is 7.04. The molecule has 0 amide bonds. The van der Waals surface area contributed by atoms with E-state index in [4.69, 9.17) is 34.8 Å². The molecule has 0 fully saturated rings. The third kappa shape index (κ3) is 4.31. The summed E-state index contributed by atoms with van der Waals surface area (Å²) in [6.45, 7) is 0. The van der Waals surface area contributed by atoms with E-state index < -0.39 is 0 Å². The van der Waals surface area contributed by atoms with Crippen molar-refractivity contribution in [1.29, 1.82) is 0 Å². The van der Waals surface area contributed by atoms with E-state index in [-0.39, 0.29) is 5.28 Å². The number of hydrogen-bond acceptors (Lipinski definition) is 7. The van der Waals surface area contributed by atoms with Crippen molar-refractivity contribution < 1.29 is 0 Å². The molecule has 0 aliphatic heterocycles. The predicted molar refractivity (Wildman–Crippen MR) is 183 cm³/mol. The summed E-state index contributed by atoms with van der Waals surface area (Å²) in [5, 5.41) is 7.69. The van der Waals surface area contributed by atoms with Crippen LogP contribution < -0.4 is 0 Å². The highest BCUT2D eigenvalue weighted by Crippen LogP contribution is 2.44. The lowest BCUT2D eigenvalue weighted by atomic mass is 10.0. The van der Waals surface area contributed by atoms with E-state index in [0.29, 0.717) is 10.4 Å². The highest BCUT2D eigenvalue weighted by molar-refractivity contribution is 7.27. The second-order valence-electron chi connectivity index (χ2n) is 9.46. The maximum absolute atomic E-state index is 6.32. The first-order chi connectivity index (χ1) is 20.5. The molecular formula is C32H15Cl3N4S3. The lowest BCUT2D eigenvalue weighted by molar-refractivity contribution is 1.24. The first-order valence-electron chi connectivity index (χ1n) is 12.8. The third-order valence-corrected chi connectivity index (χ3v) is 11.0. The van der Waals surface area contributed by atoms with Crippen molar-refractivity contribution in [2.75, 3.05) is 0 Å². The molecule has 202 valence electrons. The summed E-state index contributed by atoms with van der Waals surface area (Å²) in [5.41, 5.74) is 2.03. The van der Waals surface area contributed by atoms with E-state index in [2.05, 4.69) is 86.7 Å². The van der Waals surface area contributed by atoms with Crippen LogP contribution in [0, 0.1) is 0 Å². The van der Waals surface area contributed by atoms with Crippen LogP contribution in [-0.4, -0.2) is 19.9 Å². The Morgan fingerprint density at radius 3 is 1.67 bits per heavy atom. The van der Waals surface area contributed by atoms with E-state index in [1.165, 1.54) is 30.3 Å². The second-order valence-corrected chi connectivity index (χ2v) is 13.6. The zero-order valence-corrected chi connectivity index (χ0v) is 26.0. The molecule has 0 atom stereocenters. The van der Waals surface area contributed by atoms with Crippen molar-refractivity contribution in [3.05, 3.63) is 107 Å². The van der Waals surface area contributed by atoms with Crippen molar-refractivity contribution in [2.45, 2.75) is 0 Å². The van der Waals surface area contributed by atoms with Gasteiger partial charge in [0, 0.05) is 51.3 Å². The standard InChI is InChI=1S/C22H11ClN2S2.C10H4Cl2N2S/c23-22-24-19(18-14-7-2-4-11-17(14)27-21(18)25-22)15-9-5-8-13-12-6-1-3-10-16(12)26-20(13)15;11-8-7-5-3-1-2-4-6(5)15-9(7)14-10(12)13-8/h1-11H;1-4H. The predicted octanol–water partition coefficient (Wildman–Crippen LogP) is 11.7. The first-order valence-corrected chi connectivity index (χ1v) is 16.4. The average Bonchev–Trinajstić information content (AvgIpc) is 3.67. The number of halogens is 3. The quantitative estimate of drug-likeness (QED) is 0.130. The van der Waals surface area contributed by atoms with Gasteiger partial charge in [-0.25, -0.2) is 19.9 Å². The van der Waals surface area contributed by atoms with Crippen LogP contribution in [0.25, 0.3) is 72.0 Å². The molecule has 0 unspecified atom stereocenters. The van der Waals surface area contributed by atoms with Crippen molar-refractivity contribution >= 4 is 130 Å². The molecule has 4 aromatic carbocycles. The van der Waals surface area contributed by atoms with Crippen LogP contribution in [0.3, 0.4) is 0 Å². The van der Waals surface area contributed by atoms with Gasteiger partial charge in [-0.1, -0.05) is 84.4 Å². The largest absolute Gasteiger partial charge is 0.225 e. The van der Waals surface area contributed by atoms with Crippen molar-refractivity contribution in [3.63, 3.8) is 0 Å². The van der Waals surface area contributed by atoms with Gasteiger partial charge < -0.3 is 0 Å². The van der Waals surface area contributed by atoms with Crippen LogP contribution in [0.4, 0.5) is 0 Å². The maximum Gasteiger partial charge on any atom is 0.225 e. The molecule has 5 heterocycles. The summed E-state index contributed by atoms with van der Waals surface area (Å²) in [4.78, 5) is 19.1. The fraction of sp³-hybridized carbons (Fsp3) is 0. The Labute approximate surface area is 265 Å². The monoisotopic (exact) mass is 656 g/mol. The smallest absolute Gasteiger partial charge is 0.217 e. The number of hydrogen-bond donors (Lipinski definition) is 0. The molecule has 0 saturated carbocycles. The molecule has 9 rings (SSSR count). The summed E-state index contributed by atoms with van der Waals surface area (Å²) in [5.74, 6) is 0. The van der Waals surface area contributed by atoms with Crippen molar-refractivity contribution in [1.82, 2.24) is 19.9 Å². The topological polar surface area (TPSA) is 51.6 Å². The van der Waals surface area contributed by atoms with Crippen LogP contribution >= 0.6 is 68.8 Å². The molecule has 10 heteroatoms. The van der Waals surface area contributed by atoms with Crippen molar-refractivity contribution in [2.24, 2.45) is 0 Å². The summed E-state index contributed by atoms with van der Waals surface area (Å²) < 4.78 is 4.87. The highest BCUT2D eigenvalue weighted by atomic mass is 35.5. The van der Waals surface area contributed by atoms with Crippen molar-refractivity contribution in [3.8, 4) is 11.3 Å². The van der Waals surface area contributed by atoms with Gasteiger partial charge in [-0.15, -0.1) is 34.0 Å². The van der Waals surface area contributed by atoms with Gasteiger partial charge >= 0.3 is 0 Å². The SMILES string of the molecule is Clc1nc(-c2cccc3c2sc2ccccc23)c2c(n1)sc1ccccc12.Clc1nc(Cl)c2c(n1)sc1ccccc12. The Hall–Kier alpha value is -3.43. The Morgan fingerprint density at radius 2 is 0.976 bits per heavy atom. The van der Waals surface area contributed by atoms with Gasteiger partial charge in [0.15, 0.2) is 0 Å². The fourth-order valence-electron chi connectivity index (χ4n) is 5.28.